The van der Waals surface area contributed by atoms with E-state index in [0.29, 0.717) is 12.5 Å². The van der Waals surface area contributed by atoms with Crippen molar-refractivity contribution >= 4 is 35.3 Å². The molecule has 0 spiro atoms. The van der Waals surface area contributed by atoms with Gasteiger partial charge in [0.2, 0.25) is 18.2 Å². The van der Waals surface area contributed by atoms with Crippen LogP contribution >= 0.6 is 0 Å². The van der Waals surface area contributed by atoms with Crippen molar-refractivity contribution in [3.05, 3.63) is 71.4 Å². The molecule has 0 bridgehead atoms. The summed E-state index contributed by atoms with van der Waals surface area (Å²) >= 11 is 0. The highest BCUT2D eigenvalue weighted by Gasteiger charge is 2.56. The summed E-state index contributed by atoms with van der Waals surface area (Å²) in [5.74, 6) is 8.20. The highest BCUT2D eigenvalue weighted by atomic mass is 17.2. The van der Waals surface area contributed by atoms with Crippen LogP contribution in [-0.2, 0) is 24.1 Å². The van der Waals surface area contributed by atoms with E-state index in [1.807, 2.05) is 80.0 Å². The van der Waals surface area contributed by atoms with Crippen LogP contribution in [0.4, 0.5) is 4.79 Å². The van der Waals surface area contributed by atoms with Gasteiger partial charge >= 0.3 is 6.09 Å². The van der Waals surface area contributed by atoms with Gasteiger partial charge in [-0.2, -0.15) is 4.89 Å². The van der Waals surface area contributed by atoms with Crippen molar-refractivity contribution in [1.82, 2.24) is 35.1 Å². The predicted molar refractivity (Wildman–Crippen MR) is 205 cm³/mol. The number of amides is 3. The van der Waals surface area contributed by atoms with Gasteiger partial charge in [-0.1, -0.05) is 51.7 Å². The summed E-state index contributed by atoms with van der Waals surface area (Å²) in [6.07, 6.45) is 5.87. The first-order chi connectivity index (χ1) is 26.6. The van der Waals surface area contributed by atoms with Crippen LogP contribution in [0.5, 0.6) is 0 Å². The van der Waals surface area contributed by atoms with Crippen molar-refractivity contribution in [2.24, 2.45) is 22.7 Å². The van der Waals surface area contributed by atoms with Crippen LogP contribution in [0, 0.1) is 29.6 Å². The molecule has 2 aliphatic heterocycles. The number of hydrogen-bond donors (Lipinski definition) is 3. The average molecular weight is 749 g/mol. The number of nitrogens with one attached hydrogen (secondary N) is 3. The zero-order valence-corrected chi connectivity index (χ0v) is 32.0. The molecule has 1 saturated carbocycles. The molecule has 3 N–H and O–H groups in total. The third kappa shape index (κ3) is 7.93. The van der Waals surface area contributed by atoms with Crippen molar-refractivity contribution in [1.29, 1.82) is 0 Å². The third-order valence-corrected chi connectivity index (χ3v) is 10.8. The monoisotopic (exact) mass is 748 g/mol. The van der Waals surface area contributed by atoms with Crippen LogP contribution in [0.1, 0.15) is 88.2 Å². The molecule has 1 aliphatic carbocycles. The van der Waals surface area contributed by atoms with Gasteiger partial charge in [0.1, 0.15) is 23.7 Å². The highest BCUT2D eigenvalue weighted by molar-refractivity contribution is 5.87. The Morgan fingerprint density at radius 1 is 0.945 bits per heavy atom. The average Bonchev–Trinajstić information content (AvgIpc) is 3.68. The van der Waals surface area contributed by atoms with E-state index >= 15 is 0 Å². The molecule has 6 atom stereocenters. The number of aromatic amines is 2. The summed E-state index contributed by atoms with van der Waals surface area (Å²) in [5, 5.41) is 2.73. The normalized spacial score (nSPS) is 21.5. The van der Waals surface area contributed by atoms with Crippen LogP contribution in [0.25, 0.3) is 22.3 Å². The van der Waals surface area contributed by atoms with Gasteiger partial charge in [-0.3, -0.25) is 9.59 Å². The Balaban J connectivity index is 1.02. The summed E-state index contributed by atoms with van der Waals surface area (Å²) in [6, 6.07) is 12.4. The third-order valence-electron chi connectivity index (χ3n) is 10.8. The van der Waals surface area contributed by atoms with E-state index in [0.717, 1.165) is 70.7 Å². The van der Waals surface area contributed by atoms with Crippen LogP contribution in [0.15, 0.2) is 53.7 Å². The number of nitrogens with zero attached hydrogens (tertiary/aromatic N) is 5. The molecule has 55 heavy (non-hydrogen) atoms. The summed E-state index contributed by atoms with van der Waals surface area (Å²) in [6.45, 7) is 8.39. The quantitative estimate of drug-likeness (QED) is 0.0579. The largest absolute Gasteiger partial charge is 0.453 e. The highest BCUT2D eigenvalue weighted by Crippen LogP contribution is 2.53. The number of imidazole rings is 2. The van der Waals surface area contributed by atoms with Gasteiger partial charge in [0, 0.05) is 23.7 Å². The number of carbonyl (C=O) groups is 3. The first-order valence-corrected chi connectivity index (χ1v) is 18.9. The Labute approximate surface area is 320 Å². The minimum absolute atomic E-state index is 0.0136. The lowest BCUT2D eigenvalue weighted by molar-refractivity contribution is -0.188. The number of H-pyrrole nitrogens is 2. The number of benzene rings is 2. The molecule has 0 radical (unpaired) electrons. The first kappa shape index (κ1) is 37.6. The Kier molecular flexibility index (Phi) is 10.9. The smallest absolute Gasteiger partial charge is 0.407 e. The summed E-state index contributed by atoms with van der Waals surface area (Å²) in [5.41, 5.74) is 5.18. The first-order valence-electron chi connectivity index (χ1n) is 18.9. The second-order valence-corrected chi connectivity index (χ2v) is 15.2. The van der Waals surface area contributed by atoms with Gasteiger partial charge in [-0.25, -0.2) is 19.8 Å². The lowest BCUT2D eigenvalue weighted by Gasteiger charge is -2.31. The van der Waals surface area contributed by atoms with Gasteiger partial charge in [-0.15, -0.1) is 0 Å². The van der Waals surface area contributed by atoms with Crippen LogP contribution in [-0.4, -0.2) is 92.9 Å². The SMILES string of the molecule is COO/C=N\[C@H](C(=O)N1CCC[C@H]1c1ncc(-c2ccc(C#Cc3ccc4nc([C@@H]5C[C@H]6C[C@H]6N5C(=O)[C@@H](NC(=O)OC)C(C)C)[nH]c4c3)cc2)[nH]1)C(C)C. The molecular weight excluding hydrogens is 701 g/mol. The number of piperidine rings is 1. The maximum atomic E-state index is 13.8. The van der Waals surface area contributed by atoms with E-state index in [9.17, 15) is 14.4 Å². The maximum Gasteiger partial charge on any atom is 0.407 e. The fraction of sp³-hybridized carbons (Fsp3) is 0.463. The topological polar surface area (TPSA) is 167 Å². The number of methoxy groups -OCH3 is 1. The molecule has 3 aliphatic rings. The summed E-state index contributed by atoms with van der Waals surface area (Å²) in [4.78, 5) is 73.3. The molecule has 2 saturated heterocycles. The Morgan fingerprint density at radius 3 is 2.44 bits per heavy atom. The minimum atomic E-state index is -0.682. The zero-order valence-electron chi connectivity index (χ0n) is 32.0. The number of hydrogen-bond acceptors (Lipinski definition) is 9. The number of carbonyl (C=O) groups excluding carboxylic acids is 3. The molecule has 3 fully saturated rings. The fourth-order valence-corrected chi connectivity index (χ4v) is 7.81. The molecule has 288 valence electrons. The Morgan fingerprint density at radius 2 is 1.71 bits per heavy atom. The minimum Gasteiger partial charge on any atom is -0.453 e. The molecule has 7 rings (SSSR count). The predicted octanol–water partition coefficient (Wildman–Crippen LogP) is 5.69. The van der Waals surface area contributed by atoms with Gasteiger partial charge in [-0.05, 0) is 79.3 Å². The zero-order chi connectivity index (χ0) is 38.8. The van der Waals surface area contributed by atoms with E-state index in [-0.39, 0.29) is 41.8 Å². The number of fused-ring (bicyclic) bond motifs is 2. The van der Waals surface area contributed by atoms with E-state index in [4.69, 9.17) is 14.6 Å². The van der Waals surface area contributed by atoms with Gasteiger partial charge in [0.25, 0.3) is 0 Å². The second-order valence-electron chi connectivity index (χ2n) is 15.2. The van der Waals surface area contributed by atoms with E-state index in [1.165, 1.54) is 20.6 Å². The molecule has 4 aromatic rings. The fourth-order valence-electron chi connectivity index (χ4n) is 7.81. The maximum absolute atomic E-state index is 13.8. The van der Waals surface area contributed by atoms with Gasteiger partial charge in [0.05, 0.1) is 49.2 Å². The number of aromatic nitrogens is 4. The van der Waals surface area contributed by atoms with Crippen LogP contribution < -0.4 is 5.32 Å². The molecule has 0 unspecified atom stereocenters. The van der Waals surface area contributed by atoms with E-state index in [1.54, 1.807) is 6.20 Å². The summed E-state index contributed by atoms with van der Waals surface area (Å²) < 4.78 is 4.79. The van der Waals surface area contributed by atoms with Crippen molar-refractivity contribution in [3.8, 4) is 23.1 Å². The van der Waals surface area contributed by atoms with Gasteiger partial charge < -0.3 is 34.7 Å². The standard InChI is InChI=1S/C41H48N8O6/c1-23(2)35(43-22-55-54-6)39(50)48-17-7-8-32(48)37-42-21-31(46-37)27-14-11-25(12-15-27)9-10-26-13-16-29-30(18-26)45-38(44-29)34-20-28-19-33(28)49(34)40(51)36(24(3)4)47-41(52)53-5/h11-16,18,21-24,28,32-36H,7-8,17,19-20H2,1-6H3,(H,42,46)(H,44,45)(H,47,52)/b43-22-/t28-,32+,33-,34+,35+,36+/m1/s1. The molecule has 2 aromatic heterocycles. The number of alkyl carbamates (subject to hydrolysis) is 1. The van der Waals surface area contributed by atoms with Crippen molar-refractivity contribution < 1.29 is 28.9 Å². The van der Waals surface area contributed by atoms with Gasteiger partial charge in [0.15, 0.2) is 0 Å². The van der Waals surface area contributed by atoms with Crippen molar-refractivity contribution in [2.75, 3.05) is 20.8 Å². The molecule has 14 heteroatoms. The van der Waals surface area contributed by atoms with E-state index < -0.39 is 18.2 Å². The summed E-state index contributed by atoms with van der Waals surface area (Å²) in [7, 11) is 2.69. The number of ether oxygens (including phenoxy) is 1. The Hall–Kier alpha value is -5.68. The Bertz CT molecular complexity index is 2130. The molecule has 3 amide bonds. The van der Waals surface area contributed by atoms with E-state index in [2.05, 4.69) is 42.0 Å². The number of likely N-dealkylation sites (tertiary alicyclic amines) is 2. The second kappa shape index (κ2) is 16.0. The molecular formula is C41H48N8O6. The van der Waals surface area contributed by atoms with Crippen LogP contribution in [0.2, 0.25) is 0 Å². The molecule has 4 heterocycles. The lowest BCUT2D eigenvalue weighted by atomic mass is 10.0. The van der Waals surface area contributed by atoms with Crippen molar-refractivity contribution in [3.63, 3.8) is 0 Å². The number of rotatable bonds is 11. The lowest BCUT2D eigenvalue weighted by Crippen LogP contribution is -2.52. The number of aliphatic imine (C=N–C) groups is 1. The van der Waals surface area contributed by atoms with Crippen LogP contribution in [0.3, 0.4) is 0 Å². The van der Waals surface area contributed by atoms with Crippen molar-refractivity contribution in [2.45, 2.75) is 83.6 Å². The molecule has 2 aromatic carbocycles. The molecule has 14 nitrogen and oxygen atoms in total.